The van der Waals surface area contributed by atoms with Gasteiger partial charge in [-0.25, -0.2) is 0 Å². The number of ether oxygens (including phenoxy) is 1. The van der Waals surface area contributed by atoms with Crippen LogP contribution in [0.4, 0.5) is 0 Å². The minimum Gasteiger partial charge on any atom is -0.390 e. The van der Waals surface area contributed by atoms with Crippen LogP contribution in [0.15, 0.2) is 30.3 Å². The molecule has 0 spiro atoms. The number of nitrogens with one attached hydrogen (secondary N) is 1. The summed E-state index contributed by atoms with van der Waals surface area (Å²) in [5.74, 6) is 0. The van der Waals surface area contributed by atoms with Gasteiger partial charge in [0.1, 0.15) is 0 Å². The van der Waals surface area contributed by atoms with Crippen LogP contribution in [0.3, 0.4) is 0 Å². The molecule has 0 radical (unpaired) electrons. The van der Waals surface area contributed by atoms with E-state index in [1.807, 2.05) is 37.3 Å². The molecule has 1 aliphatic rings. The molecule has 3 atom stereocenters. The van der Waals surface area contributed by atoms with Gasteiger partial charge in [-0.2, -0.15) is 0 Å². The van der Waals surface area contributed by atoms with E-state index in [4.69, 9.17) is 4.74 Å². The van der Waals surface area contributed by atoms with E-state index in [0.717, 1.165) is 5.56 Å². The zero-order valence-electron chi connectivity index (χ0n) is 8.89. The third-order valence-corrected chi connectivity index (χ3v) is 2.84. The van der Waals surface area contributed by atoms with Gasteiger partial charge in [0, 0.05) is 6.54 Å². The fourth-order valence-electron chi connectivity index (χ4n) is 1.74. The third kappa shape index (κ3) is 2.56. The Morgan fingerprint density at radius 3 is 2.73 bits per heavy atom. The minimum atomic E-state index is -0.254. The minimum absolute atomic E-state index is 0.0500. The number of β-amino-alcohol motifs (C(OH)–C–C–N with tert-alkyl or cyclic N) is 1. The number of aliphatic hydroxyl groups excluding tert-OH is 1. The fourth-order valence-corrected chi connectivity index (χ4v) is 1.74. The Morgan fingerprint density at radius 1 is 1.47 bits per heavy atom. The van der Waals surface area contributed by atoms with E-state index >= 15 is 0 Å². The number of rotatable bonds is 4. The number of aliphatic hydroxyl groups is 1. The van der Waals surface area contributed by atoms with Crippen LogP contribution in [-0.2, 0) is 11.3 Å². The van der Waals surface area contributed by atoms with Gasteiger partial charge >= 0.3 is 0 Å². The first kappa shape index (κ1) is 10.6. The van der Waals surface area contributed by atoms with Gasteiger partial charge in [0.25, 0.3) is 0 Å². The normalized spacial score (nSPS) is 27.1. The highest BCUT2D eigenvalue weighted by Crippen LogP contribution is 2.13. The maximum Gasteiger partial charge on any atom is 0.0842 e. The Bertz CT molecular complexity index is 302. The van der Waals surface area contributed by atoms with Crippen LogP contribution in [0.2, 0.25) is 0 Å². The monoisotopic (exact) mass is 207 g/mol. The summed E-state index contributed by atoms with van der Waals surface area (Å²) in [4.78, 5) is 0. The van der Waals surface area contributed by atoms with E-state index in [2.05, 4.69) is 5.32 Å². The molecule has 1 aromatic carbocycles. The second kappa shape index (κ2) is 4.75. The molecule has 0 aromatic heterocycles. The highest BCUT2D eigenvalue weighted by Gasteiger charge is 2.33. The summed E-state index contributed by atoms with van der Waals surface area (Å²) in [6.07, 6.45) is -0.204. The molecule has 1 saturated heterocycles. The first-order chi connectivity index (χ1) is 7.27. The Balaban J connectivity index is 1.78. The van der Waals surface area contributed by atoms with Crippen LogP contribution in [0, 0.1) is 0 Å². The smallest absolute Gasteiger partial charge is 0.0842 e. The maximum absolute atomic E-state index is 9.43. The lowest BCUT2D eigenvalue weighted by Gasteiger charge is -2.38. The zero-order chi connectivity index (χ0) is 10.7. The molecule has 2 rings (SSSR count). The molecule has 0 bridgehead atoms. The number of hydrogen-bond acceptors (Lipinski definition) is 3. The van der Waals surface area contributed by atoms with Crippen LogP contribution in [0.25, 0.3) is 0 Å². The zero-order valence-corrected chi connectivity index (χ0v) is 8.89. The Kier molecular flexibility index (Phi) is 3.36. The van der Waals surface area contributed by atoms with Crippen LogP contribution in [-0.4, -0.2) is 29.9 Å². The SMILES string of the molecule is C[C@@H](OCc1ccccc1)[C@@H]1NCC1O. The molecule has 1 aromatic rings. The topological polar surface area (TPSA) is 41.5 Å². The van der Waals surface area contributed by atoms with Crippen LogP contribution >= 0.6 is 0 Å². The van der Waals surface area contributed by atoms with Gasteiger partial charge in [0.2, 0.25) is 0 Å². The van der Waals surface area contributed by atoms with Crippen molar-refractivity contribution in [1.29, 1.82) is 0 Å². The molecule has 82 valence electrons. The Labute approximate surface area is 90.1 Å². The largest absolute Gasteiger partial charge is 0.390 e. The average molecular weight is 207 g/mol. The molecule has 1 fully saturated rings. The standard InChI is InChI=1S/C12H17NO2/c1-9(12-11(14)7-13-12)15-8-10-5-3-2-4-6-10/h2-6,9,11-14H,7-8H2,1H3/t9-,11?,12+/m1/s1. The maximum atomic E-state index is 9.43. The summed E-state index contributed by atoms with van der Waals surface area (Å²) in [7, 11) is 0. The van der Waals surface area contributed by atoms with Crippen molar-refractivity contribution in [3.05, 3.63) is 35.9 Å². The van der Waals surface area contributed by atoms with Crippen molar-refractivity contribution in [3.8, 4) is 0 Å². The molecule has 1 aliphatic heterocycles. The van der Waals surface area contributed by atoms with Gasteiger partial charge in [0.05, 0.1) is 24.9 Å². The first-order valence-corrected chi connectivity index (χ1v) is 5.34. The molecule has 3 nitrogen and oxygen atoms in total. The molecule has 0 aliphatic carbocycles. The van der Waals surface area contributed by atoms with E-state index in [0.29, 0.717) is 13.2 Å². The lowest BCUT2D eigenvalue weighted by atomic mass is 9.98. The van der Waals surface area contributed by atoms with Crippen LogP contribution in [0.1, 0.15) is 12.5 Å². The van der Waals surface area contributed by atoms with Crippen molar-refractivity contribution in [1.82, 2.24) is 5.32 Å². The molecule has 1 heterocycles. The molecule has 3 heteroatoms. The molecular formula is C12H17NO2. The second-order valence-corrected chi connectivity index (χ2v) is 4.00. The predicted molar refractivity (Wildman–Crippen MR) is 58.5 cm³/mol. The Morgan fingerprint density at radius 2 is 2.20 bits per heavy atom. The number of hydrogen-bond donors (Lipinski definition) is 2. The second-order valence-electron chi connectivity index (χ2n) is 4.00. The quantitative estimate of drug-likeness (QED) is 0.771. The van der Waals surface area contributed by atoms with Gasteiger partial charge in [-0.3, -0.25) is 0 Å². The molecule has 1 unspecified atom stereocenters. The highest BCUT2D eigenvalue weighted by molar-refractivity contribution is 5.13. The highest BCUT2D eigenvalue weighted by atomic mass is 16.5. The van der Waals surface area contributed by atoms with E-state index in [1.165, 1.54) is 0 Å². The van der Waals surface area contributed by atoms with Crippen molar-refractivity contribution in [2.24, 2.45) is 0 Å². The van der Waals surface area contributed by atoms with Crippen molar-refractivity contribution < 1.29 is 9.84 Å². The summed E-state index contributed by atoms with van der Waals surface area (Å²) in [6.45, 7) is 3.28. The van der Waals surface area contributed by atoms with Crippen LogP contribution < -0.4 is 5.32 Å². The third-order valence-electron chi connectivity index (χ3n) is 2.84. The fraction of sp³-hybridized carbons (Fsp3) is 0.500. The van der Waals surface area contributed by atoms with E-state index in [-0.39, 0.29) is 18.2 Å². The Hall–Kier alpha value is -0.900. The molecule has 15 heavy (non-hydrogen) atoms. The predicted octanol–water partition coefficient (Wildman–Crippen LogP) is 0.924. The van der Waals surface area contributed by atoms with Gasteiger partial charge in [0.15, 0.2) is 0 Å². The van der Waals surface area contributed by atoms with Crippen molar-refractivity contribution in [2.75, 3.05) is 6.54 Å². The van der Waals surface area contributed by atoms with Crippen LogP contribution in [0.5, 0.6) is 0 Å². The molecule has 2 N–H and O–H groups in total. The average Bonchev–Trinajstić information content (AvgIpc) is 2.26. The van der Waals surface area contributed by atoms with E-state index in [9.17, 15) is 5.11 Å². The summed E-state index contributed by atoms with van der Waals surface area (Å²) >= 11 is 0. The number of benzene rings is 1. The van der Waals surface area contributed by atoms with Gasteiger partial charge in [-0.15, -0.1) is 0 Å². The van der Waals surface area contributed by atoms with Gasteiger partial charge in [-0.05, 0) is 12.5 Å². The van der Waals surface area contributed by atoms with Gasteiger partial charge < -0.3 is 15.2 Å². The van der Waals surface area contributed by atoms with Gasteiger partial charge in [-0.1, -0.05) is 30.3 Å². The summed E-state index contributed by atoms with van der Waals surface area (Å²) in [6, 6.07) is 10.2. The summed E-state index contributed by atoms with van der Waals surface area (Å²) < 4.78 is 5.68. The van der Waals surface area contributed by atoms with E-state index < -0.39 is 0 Å². The molecule has 0 saturated carbocycles. The van der Waals surface area contributed by atoms with Crippen molar-refractivity contribution in [2.45, 2.75) is 31.8 Å². The van der Waals surface area contributed by atoms with E-state index in [1.54, 1.807) is 0 Å². The summed E-state index contributed by atoms with van der Waals surface area (Å²) in [5.41, 5.74) is 1.16. The van der Waals surface area contributed by atoms with Crippen molar-refractivity contribution in [3.63, 3.8) is 0 Å². The van der Waals surface area contributed by atoms with Crippen molar-refractivity contribution >= 4 is 0 Å². The summed E-state index contributed by atoms with van der Waals surface area (Å²) in [5, 5.41) is 12.6. The lowest BCUT2D eigenvalue weighted by Crippen LogP contribution is -2.62. The lowest BCUT2D eigenvalue weighted by molar-refractivity contribution is -0.0492. The first-order valence-electron chi connectivity index (χ1n) is 5.34. The molecule has 0 amide bonds. The molecular weight excluding hydrogens is 190 g/mol.